The number of hydrogen-bond acceptors (Lipinski definition) is 2. The quantitative estimate of drug-likeness (QED) is 0.561. The number of phenolic OH excluding ortho intramolecular Hbond substituents is 2. The molecule has 4 heteroatoms. The van der Waals surface area contributed by atoms with Crippen LogP contribution in [-0.4, -0.2) is 10.2 Å². The maximum atomic E-state index is 9.02. The molecule has 0 atom stereocenters. The molecule has 54 valence electrons. The molecular weight excluding hydrogens is 266 g/mol. The van der Waals surface area contributed by atoms with Crippen LogP contribution in [0.15, 0.2) is 12.1 Å². The van der Waals surface area contributed by atoms with Gasteiger partial charge in [-0.2, -0.15) is 0 Å². The van der Waals surface area contributed by atoms with E-state index in [1.54, 1.807) is 0 Å². The molecular formula is C6H4ClIO2. The molecule has 0 radical (unpaired) electrons. The molecule has 0 bridgehead atoms. The van der Waals surface area contributed by atoms with Crippen molar-refractivity contribution in [2.24, 2.45) is 0 Å². The first-order chi connectivity index (χ1) is 4.63. The molecule has 1 aromatic carbocycles. The Kier molecular flexibility index (Phi) is 2.25. The lowest BCUT2D eigenvalue weighted by atomic mass is 10.3. The largest absolute Gasteiger partial charge is 0.507 e. The van der Waals surface area contributed by atoms with Crippen LogP contribution in [0.2, 0.25) is 5.02 Å². The number of aromatic hydroxyl groups is 2. The lowest BCUT2D eigenvalue weighted by Gasteiger charge is -2.00. The Balaban J connectivity index is 3.34. The highest BCUT2D eigenvalue weighted by Gasteiger charge is 2.06. The maximum Gasteiger partial charge on any atom is 0.135 e. The van der Waals surface area contributed by atoms with Gasteiger partial charge in [0.05, 0.1) is 8.59 Å². The zero-order valence-electron chi connectivity index (χ0n) is 4.81. The fourth-order valence-corrected chi connectivity index (χ4v) is 1.14. The molecule has 0 unspecified atom stereocenters. The molecule has 0 aliphatic heterocycles. The van der Waals surface area contributed by atoms with Crippen LogP contribution in [0.3, 0.4) is 0 Å². The Labute approximate surface area is 76.6 Å². The third kappa shape index (κ3) is 1.29. The van der Waals surface area contributed by atoms with Crippen LogP contribution >= 0.6 is 34.2 Å². The third-order valence-electron chi connectivity index (χ3n) is 1.04. The van der Waals surface area contributed by atoms with Crippen molar-refractivity contribution in [1.29, 1.82) is 0 Å². The summed E-state index contributed by atoms with van der Waals surface area (Å²) in [6, 6.07) is 2.74. The van der Waals surface area contributed by atoms with Crippen LogP contribution in [0, 0.1) is 3.57 Å². The van der Waals surface area contributed by atoms with Crippen molar-refractivity contribution in [2.45, 2.75) is 0 Å². The zero-order valence-corrected chi connectivity index (χ0v) is 7.72. The summed E-state index contributed by atoms with van der Waals surface area (Å²) in [7, 11) is 0. The zero-order chi connectivity index (χ0) is 7.72. The molecule has 0 spiro atoms. The van der Waals surface area contributed by atoms with E-state index in [1.165, 1.54) is 12.1 Å². The summed E-state index contributed by atoms with van der Waals surface area (Å²) in [6.07, 6.45) is 0. The summed E-state index contributed by atoms with van der Waals surface area (Å²) < 4.78 is 0.472. The average Bonchev–Trinajstić information content (AvgIpc) is 1.93. The molecule has 1 aromatic rings. The molecule has 0 aliphatic rings. The summed E-state index contributed by atoms with van der Waals surface area (Å²) in [4.78, 5) is 0. The molecule has 1 rings (SSSR count). The monoisotopic (exact) mass is 270 g/mol. The Morgan fingerprint density at radius 2 is 1.70 bits per heavy atom. The van der Waals surface area contributed by atoms with Gasteiger partial charge in [-0.3, -0.25) is 0 Å². The van der Waals surface area contributed by atoms with Crippen molar-refractivity contribution in [2.75, 3.05) is 0 Å². The normalized spacial score (nSPS) is 9.80. The molecule has 0 aliphatic carbocycles. The highest BCUT2D eigenvalue weighted by atomic mass is 127. The van der Waals surface area contributed by atoms with Crippen LogP contribution in [0.4, 0.5) is 0 Å². The van der Waals surface area contributed by atoms with E-state index in [0.29, 0.717) is 3.57 Å². The molecule has 10 heavy (non-hydrogen) atoms. The lowest BCUT2D eigenvalue weighted by molar-refractivity contribution is 0.457. The van der Waals surface area contributed by atoms with E-state index in [2.05, 4.69) is 0 Å². The van der Waals surface area contributed by atoms with Crippen molar-refractivity contribution < 1.29 is 10.2 Å². The molecule has 0 amide bonds. The molecule has 0 aromatic heterocycles. The molecule has 0 saturated heterocycles. The molecule has 0 heterocycles. The van der Waals surface area contributed by atoms with Gasteiger partial charge in [-0.1, -0.05) is 11.6 Å². The van der Waals surface area contributed by atoms with Crippen molar-refractivity contribution >= 4 is 34.2 Å². The summed E-state index contributed by atoms with van der Waals surface area (Å²) in [5, 5.41) is 18.2. The van der Waals surface area contributed by atoms with Gasteiger partial charge < -0.3 is 10.2 Å². The average molecular weight is 270 g/mol. The minimum Gasteiger partial charge on any atom is -0.507 e. The number of halogens is 2. The Morgan fingerprint density at radius 1 is 1.20 bits per heavy atom. The van der Waals surface area contributed by atoms with Crippen molar-refractivity contribution in [3.8, 4) is 11.5 Å². The fourth-order valence-electron chi connectivity index (χ4n) is 0.529. The SMILES string of the molecule is Oc1ccc(O)c(I)c1Cl. The predicted octanol–water partition coefficient (Wildman–Crippen LogP) is 2.36. The molecule has 2 N–H and O–H groups in total. The first kappa shape index (κ1) is 7.94. The fraction of sp³-hybridized carbons (Fsp3) is 0. The predicted molar refractivity (Wildman–Crippen MR) is 47.5 cm³/mol. The van der Waals surface area contributed by atoms with E-state index in [0.717, 1.165) is 0 Å². The highest BCUT2D eigenvalue weighted by molar-refractivity contribution is 14.1. The van der Waals surface area contributed by atoms with Gasteiger partial charge in [0.1, 0.15) is 11.5 Å². The van der Waals surface area contributed by atoms with Gasteiger partial charge in [0.15, 0.2) is 0 Å². The van der Waals surface area contributed by atoms with Gasteiger partial charge in [-0.25, -0.2) is 0 Å². The summed E-state index contributed by atoms with van der Waals surface area (Å²) in [5.41, 5.74) is 0. The number of rotatable bonds is 0. The second-order valence-electron chi connectivity index (χ2n) is 1.73. The third-order valence-corrected chi connectivity index (χ3v) is 2.83. The maximum absolute atomic E-state index is 9.02. The van der Waals surface area contributed by atoms with Crippen molar-refractivity contribution in [1.82, 2.24) is 0 Å². The summed E-state index contributed by atoms with van der Waals surface area (Å²) in [6.45, 7) is 0. The second kappa shape index (κ2) is 2.84. The van der Waals surface area contributed by atoms with Crippen molar-refractivity contribution in [3.05, 3.63) is 20.7 Å². The summed E-state index contributed by atoms with van der Waals surface area (Å²) in [5.74, 6) is 0.0762. The first-order valence-corrected chi connectivity index (χ1v) is 3.94. The molecule has 0 saturated carbocycles. The highest BCUT2D eigenvalue weighted by Crippen LogP contribution is 2.33. The topological polar surface area (TPSA) is 40.5 Å². The van der Waals surface area contributed by atoms with E-state index in [-0.39, 0.29) is 16.5 Å². The van der Waals surface area contributed by atoms with Gasteiger partial charge in [0, 0.05) is 0 Å². The van der Waals surface area contributed by atoms with Crippen LogP contribution in [-0.2, 0) is 0 Å². The van der Waals surface area contributed by atoms with Crippen LogP contribution in [0.1, 0.15) is 0 Å². The Morgan fingerprint density at radius 3 is 2.20 bits per heavy atom. The van der Waals surface area contributed by atoms with Crippen LogP contribution in [0.25, 0.3) is 0 Å². The van der Waals surface area contributed by atoms with Gasteiger partial charge >= 0.3 is 0 Å². The number of phenols is 2. The Hall–Kier alpha value is -0.160. The first-order valence-electron chi connectivity index (χ1n) is 2.49. The van der Waals surface area contributed by atoms with E-state index >= 15 is 0 Å². The van der Waals surface area contributed by atoms with E-state index in [1.807, 2.05) is 22.6 Å². The van der Waals surface area contributed by atoms with Crippen LogP contribution in [0.5, 0.6) is 11.5 Å². The summed E-state index contributed by atoms with van der Waals surface area (Å²) >= 11 is 7.42. The number of hydrogen-bond donors (Lipinski definition) is 2. The molecule has 2 nitrogen and oxygen atoms in total. The van der Waals surface area contributed by atoms with Crippen LogP contribution < -0.4 is 0 Å². The Bertz CT molecular complexity index is 235. The smallest absolute Gasteiger partial charge is 0.135 e. The van der Waals surface area contributed by atoms with E-state index < -0.39 is 0 Å². The molecule has 0 fully saturated rings. The van der Waals surface area contributed by atoms with Gasteiger partial charge in [-0.05, 0) is 34.7 Å². The second-order valence-corrected chi connectivity index (χ2v) is 3.19. The van der Waals surface area contributed by atoms with E-state index in [9.17, 15) is 0 Å². The minimum absolute atomic E-state index is 0.0103. The van der Waals surface area contributed by atoms with Gasteiger partial charge in [-0.15, -0.1) is 0 Å². The van der Waals surface area contributed by atoms with Crippen molar-refractivity contribution in [3.63, 3.8) is 0 Å². The minimum atomic E-state index is -0.0103. The number of benzene rings is 1. The lowest BCUT2D eigenvalue weighted by Crippen LogP contribution is -1.75. The van der Waals surface area contributed by atoms with Gasteiger partial charge in [0.2, 0.25) is 0 Å². The van der Waals surface area contributed by atoms with Gasteiger partial charge in [0.25, 0.3) is 0 Å². The van der Waals surface area contributed by atoms with E-state index in [4.69, 9.17) is 21.8 Å². The standard InChI is InChI=1S/C6H4ClIO2/c7-5-3(9)1-2-4(10)6(5)8/h1-2,9-10H.